The summed E-state index contributed by atoms with van der Waals surface area (Å²) in [5, 5.41) is 13.2. The van der Waals surface area contributed by atoms with Crippen LogP contribution in [0.2, 0.25) is 0 Å². The lowest BCUT2D eigenvalue weighted by molar-refractivity contribution is -0.384. The third-order valence-corrected chi connectivity index (χ3v) is 3.01. The number of alkyl carbamates (subject to hydrolysis) is 1. The predicted octanol–water partition coefficient (Wildman–Crippen LogP) is 3.44. The molecule has 1 N–H and O–H groups in total. The first-order chi connectivity index (χ1) is 11.4. The molecule has 0 saturated carbocycles. The molecule has 1 rings (SSSR count). The lowest BCUT2D eigenvalue weighted by atomic mass is 9.89. The minimum Gasteiger partial charge on any atom is -0.444 e. The quantitative estimate of drug-likeness (QED) is 0.364. The van der Waals surface area contributed by atoms with Crippen molar-refractivity contribution in [3.05, 3.63) is 34.4 Å². The minimum absolute atomic E-state index is 0.0553. The number of carbonyl (C=O) groups is 2. The average molecular weight is 352 g/mol. The smallest absolute Gasteiger partial charge is 0.407 e. The summed E-state index contributed by atoms with van der Waals surface area (Å²) < 4.78 is 10.3. The molecule has 8 nitrogen and oxygen atoms in total. The second-order valence-electron chi connectivity index (χ2n) is 7.42. The molecule has 0 aliphatic heterocycles. The summed E-state index contributed by atoms with van der Waals surface area (Å²) >= 11 is 0. The van der Waals surface area contributed by atoms with E-state index in [-0.39, 0.29) is 24.4 Å². The molecule has 0 unspecified atom stereocenters. The van der Waals surface area contributed by atoms with Crippen LogP contribution >= 0.6 is 0 Å². The van der Waals surface area contributed by atoms with Crippen LogP contribution in [0.3, 0.4) is 0 Å². The van der Waals surface area contributed by atoms with Crippen molar-refractivity contribution in [2.75, 3.05) is 6.54 Å². The van der Waals surface area contributed by atoms with Crippen LogP contribution in [0.1, 0.15) is 41.0 Å². The molecule has 0 aliphatic rings. The van der Waals surface area contributed by atoms with Crippen molar-refractivity contribution in [1.82, 2.24) is 5.32 Å². The Kier molecular flexibility index (Phi) is 6.49. The van der Waals surface area contributed by atoms with Gasteiger partial charge in [-0.2, -0.15) is 0 Å². The van der Waals surface area contributed by atoms with E-state index in [1.54, 1.807) is 20.8 Å². The number of hydrogen-bond donors (Lipinski definition) is 1. The van der Waals surface area contributed by atoms with Gasteiger partial charge in [0, 0.05) is 18.7 Å². The number of benzene rings is 1. The van der Waals surface area contributed by atoms with Crippen LogP contribution in [0.5, 0.6) is 5.75 Å². The highest BCUT2D eigenvalue weighted by atomic mass is 16.6. The fraction of sp³-hybridized carbons (Fsp3) is 0.529. The zero-order valence-corrected chi connectivity index (χ0v) is 15.1. The van der Waals surface area contributed by atoms with Crippen LogP contribution in [0, 0.1) is 15.5 Å². The van der Waals surface area contributed by atoms with Gasteiger partial charge in [0.1, 0.15) is 11.4 Å². The Bertz CT molecular complexity index is 632. The van der Waals surface area contributed by atoms with Crippen molar-refractivity contribution < 1.29 is 24.0 Å². The van der Waals surface area contributed by atoms with E-state index >= 15 is 0 Å². The Morgan fingerprint density at radius 3 is 2.16 bits per heavy atom. The number of carbonyl (C=O) groups excluding carboxylic acids is 2. The second-order valence-corrected chi connectivity index (χ2v) is 7.42. The molecule has 0 fully saturated rings. The van der Waals surface area contributed by atoms with Gasteiger partial charge in [-0.15, -0.1) is 0 Å². The van der Waals surface area contributed by atoms with Gasteiger partial charge in [-0.05, 0) is 38.3 Å². The molecule has 25 heavy (non-hydrogen) atoms. The molecule has 1 amide bonds. The number of nitro benzene ring substituents is 1. The minimum atomic E-state index is -0.594. The second kappa shape index (κ2) is 7.96. The predicted molar refractivity (Wildman–Crippen MR) is 91.4 cm³/mol. The van der Waals surface area contributed by atoms with Crippen molar-refractivity contribution in [2.45, 2.75) is 46.6 Å². The topological polar surface area (TPSA) is 108 Å². The number of nitrogens with zero attached hydrogens (tertiary/aromatic N) is 1. The van der Waals surface area contributed by atoms with Crippen molar-refractivity contribution in [3.8, 4) is 5.75 Å². The molecule has 0 bridgehead atoms. The number of amides is 1. The summed E-state index contributed by atoms with van der Waals surface area (Å²) in [6.45, 7) is 9.14. The van der Waals surface area contributed by atoms with E-state index in [0.717, 1.165) is 0 Å². The van der Waals surface area contributed by atoms with E-state index in [9.17, 15) is 19.7 Å². The van der Waals surface area contributed by atoms with Gasteiger partial charge >= 0.3 is 12.1 Å². The van der Waals surface area contributed by atoms with Gasteiger partial charge in [0.15, 0.2) is 0 Å². The van der Waals surface area contributed by atoms with E-state index in [2.05, 4.69) is 5.32 Å². The van der Waals surface area contributed by atoms with Gasteiger partial charge in [0.2, 0.25) is 0 Å². The van der Waals surface area contributed by atoms with E-state index < -0.39 is 28.0 Å². The van der Waals surface area contributed by atoms with Gasteiger partial charge in [-0.1, -0.05) is 13.8 Å². The summed E-state index contributed by atoms with van der Waals surface area (Å²) in [4.78, 5) is 33.7. The lowest BCUT2D eigenvalue weighted by Gasteiger charge is -2.25. The molecule has 0 aromatic heterocycles. The Hall–Kier alpha value is -2.64. The van der Waals surface area contributed by atoms with Crippen LogP contribution in [0.25, 0.3) is 0 Å². The number of esters is 1. The Morgan fingerprint density at radius 1 is 1.12 bits per heavy atom. The number of ether oxygens (including phenoxy) is 2. The first-order valence-corrected chi connectivity index (χ1v) is 7.80. The molecule has 1 aromatic rings. The summed E-state index contributed by atoms with van der Waals surface area (Å²) in [5.74, 6) is -0.267. The zero-order chi connectivity index (χ0) is 19.3. The summed E-state index contributed by atoms with van der Waals surface area (Å²) in [6.07, 6.45) is -0.496. The monoisotopic (exact) mass is 352 g/mol. The highest BCUT2D eigenvalue weighted by molar-refractivity contribution is 5.73. The van der Waals surface area contributed by atoms with Gasteiger partial charge in [0.25, 0.3) is 5.69 Å². The van der Waals surface area contributed by atoms with Crippen LogP contribution < -0.4 is 10.1 Å². The lowest BCUT2D eigenvalue weighted by Crippen LogP contribution is -2.39. The molecule has 0 atom stereocenters. The molecule has 0 aliphatic carbocycles. The van der Waals surface area contributed by atoms with Crippen LogP contribution in [0.4, 0.5) is 10.5 Å². The fourth-order valence-corrected chi connectivity index (χ4v) is 1.88. The zero-order valence-electron chi connectivity index (χ0n) is 15.1. The van der Waals surface area contributed by atoms with Crippen molar-refractivity contribution in [3.63, 3.8) is 0 Å². The number of rotatable bonds is 6. The Morgan fingerprint density at radius 2 is 1.68 bits per heavy atom. The van der Waals surface area contributed by atoms with Crippen LogP contribution in [0.15, 0.2) is 24.3 Å². The van der Waals surface area contributed by atoms with Crippen LogP contribution in [-0.2, 0) is 9.53 Å². The molecule has 8 heteroatoms. The maximum atomic E-state index is 12.0. The molecule has 0 saturated heterocycles. The first-order valence-electron chi connectivity index (χ1n) is 7.80. The molecular weight excluding hydrogens is 328 g/mol. The van der Waals surface area contributed by atoms with Gasteiger partial charge < -0.3 is 14.8 Å². The average Bonchev–Trinajstić information content (AvgIpc) is 2.43. The Labute approximate surface area is 146 Å². The third kappa shape index (κ3) is 8.14. The standard InChI is InChI=1S/C17H24N2O6/c1-16(2,3)25-15(21)18-11-17(4,5)10-14(20)24-13-8-6-12(7-9-13)19(22)23/h6-9H,10-11H2,1-5H3,(H,18,21). The number of nitro groups is 1. The number of nitrogens with one attached hydrogen (secondary N) is 1. The maximum Gasteiger partial charge on any atom is 0.407 e. The van der Waals surface area contributed by atoms with Crippen LogP contribution in [-0.4, -0.2) is 29.1 Å². The molecule has 138 valence electrons. The molecular formula is C17H24N2O6. The first kappa shape index (κ1) is 20.4. The van der Waals surface area contributed by atoms with Gasteiger partial charge in [0.05, 0.1) is 11.3 Å². The van der Waals surface area contributed by atoms with E-state index in [1.165, 1.54) is 24.3 Å². The molecule has 0 spiro atoms. The van der Waals surface area contributed by atoms with Crippen molar-refractivity contribution in [2.24, 2.45) is 5.41 Å². The number of hydrogen-bond acceptors (Lipinski definition) is 6. The van der Waals surface area contributed by atoms with Crippen molar-refractivity contribution in [1.29, 1.82) is 0 Å². The maximum absolute atomic E-state index is 12.0. The van der Waals surface area contributed by atoms with Gasteiger partial charge in [-0.3, -0.25) is 14.9 Å². The normalized spacial score (nSPS) is 11.6. The van der Waals surface area contributed by atoms with Crippen molar-refractivity contribution >= 4 is 17.7 Å². The fourth-order valence-electron chi connectivity index (χ4n) is 1.88. The third-order valence-electron chi connectivity index (χ3n) is 3.01. The highest BCUT2D eigenvalue weighted by Crippen LogP contribution is 2.22. The van der Waals surface area contributed by atoms with Gasteiger partial charge in [-0.25, -0.2) is 4.79 Å². The van der Waals surface area contributed by atoms with E-state index in [1.807, 2.05) is 13.8 Å². The SMILES string of the molecule is CC(C)(CNC(=O)OC(C)(C)C)CC(=O)Oc1ccc([N+](=O)[O-])cc1. The number of non-ortho nitro benzene ring substituents is 1. The summed E-state index contributed by atoms with van der Waals surface area (Å²) in [7, 11) is 0. The molecule has 1 aromatic carbocycles. The highest BCUT2D eigenvalue weighted by Gasteiger charge is 2.25. The van der Waals surface area contributed by atoms with E-state index in [4.69, 9.17) is 9.47 Å². The Balaban J connectivity index is 2.51. The molecule has 0 heterocycles. The summed E-state index contributed by atoms with van der Waals surface area (Å²) in [5.41, 5.74) is -1.22. The molecule has 0 radical (unpaired) electrons. The summed E-state index contributed by atoms with van der Waals surface area (Å²) in [6, 6.07) is 5.25. The largest absolute Gasteiger partial charge is 0.444 e. The van der Waals surface area contributed by atoms with E-state index in [0.29, 0.717) is 0 Å².